The van der Waals surface area contributed by atoms with Crippen LogP contribution in [0.5, 0.6) is 0 Å². The predicted octanol–water partition coefficient (Wildman–Crippen LogP) is 6.00. The van der Waals surface area contributed by atoms with Crippen LogP contribution in [0, 0.1) is 17.7 Å². The molecule has 1 aliphatic heterocycles. The van der Waals surface area contributed by atoms with Gasteiger partial charge in [-0.05, 0) is 67.2 Å². The zero-order valence-corrected chi connectivity index (χ0v) is 24.1. The minimum absolute atomic E-state index is 0.0366. The van der Waals surface area contributed by atoms with E-state index in [2.05, 4.69) is 71.0 Å². The molecule has 0 bridgehead atoms. The summed E-state index contributed by atoms with van der Waals surface area (Å²) in [5, 5.41) is 17.3. The van der Waals surface area contributed by atoms with E-state index in [1.807, 2.05) is 4.90 Å². The van der Waals surface area contributed by atoms with Crippen LogP contribution in [0.4, 0.5) is 4.39 Å². The number of hydrogen-bond acceptors (Lipinski definition) is 6. The number of nitrogens with one attached hydrogen (secondary N) is 2. The van der Waals surface area contributed by atoms with Gasteiger partial charge in [0.2, 0.25) is 0 Å². The highest BCUT2D eigenvalue weighted by atomic mass is 35.5. The van der Waals surface area contributed by atoms with Crippen LogP contribution in [0.25, 0.3) is 0 Å². The van der Waals surface area contributed by atoms with E-state index in [0.29, 0.717) is 42.0 Å². The van der Waals surface area contributed by atoms with E-state index in [-0.39, 0.29) is 17.0 Å². The molecule has 212 valence electrons. The van der Waals surface area contributed by atoms with Crippen LogP contribution in [-0.2, 0) is 17.9 Å². The zero-order valence-electron chi connectivity index (χ0n) is 23.3. The second kappa shape index (κ2) is 12.1. The Morgan fingerprint density at radius 1 is 1.15 bits per heavy atom. The standard InChI is InChI=1S/C30H37ClFN7O/c1-4-5-26(22-8-6-20(7-9-22)17-33-18-27-35-37-38-36-27)39-29(40)28(23-10-11-24(31)25(32)16-23)34-30(39)14-12-21(13-15-30)19(2)3/h6-11,16,19,21,26,33H,4-5,12-15,17-18H2,1-3H3,(H,35,36,37,38). The minimum atomic E-state index is -0.626. The van der Waals surface area contributed by atoms with Gasteiger partial charge in [-0.2, -0.15) is 5.21 Å². The van der Waals surface area contributed by atoms with Gasteiger partial charge in [0.15, 0.2) is 5.82 Å². The van der Waals surface area contributed by atoms with Gasteiger partial charge >= 0.3 is 0 Å². The highest BCUT2D eigenvalue weighted by molar-refractivity contribution is 6.47. The number of hydrogen-bond donors (Lipinski definition) is 2. The number of nitrogens with zero attached hydrogens (tertiary/aromatic N) is 5. The Hall–Kier alpha value is -3.17. The summed E-state index contributed by atoms with van der Waals surface area (Å²) >= 11 is 5.96. The first-order valence-corrected chi connectivity index (χ1v) is 14.6. The Kier molecular flexibility index (Phi) is 8.61. The van der Waals surface area contributed by atoms with Crippen LogP contribution in [0.15, 0.2) is 47.5 Å². The first kappa shape index (κ1) is 28.4. The molecule has 1 spiro atoms. The number of carbonyl (C=O) groups excluding carboxylic acids is 1. The Labute approximate surface area is 239 Å². The monoisotopic (exact) mass is 565 g/mol. The summed E-state index contributed by atoms with van der Waals surface area (Å²) in [5.74, 6) is 1.14. The number of tetrazole rings is 1. The normalized spacial score (nSPS) is 21.9. The van der Waals surface area contributed by atoms with E-state index in [1.165, 1.54) is 12.1 Å². The van der Waals surface area contributed by atoms with Gasteiger partial charge in [-0.15, -0.1) is 10.2 Å². The van der Waals surface area contributed by atoms with Crippen molar-refractivity contribution in [2.24, 2.45) is 16.8 Å². The molecule has 2 N–H and O–H groups in total. The fourth-order valence-corrected chi connectivity index (χ4v) is 6.27. The summed E-state index contributed by atoms with van der Waals surface area (Å²) in [6.45, 7) is 7.85. The SMILES string of the molecule is CCCC(c1ccc(CNCc2nn[nH]n2)cc1)N1C(=O)C(c2ccc(Cl)c(F)c2)=NC12CCC(C(C)C)CC2. The smallest absolute Gasteiger partial charge is 0.275 e. The maximum absolute atomic E-state index is 14.5. The Morgan fingerprint density at radius 3 is 2.52 bits per heavy atom. The van der Waals surface area contributed by atoms with E-state index in [9.17, 15) is 9.18 Å². The van der Waals surface area contributed by atoms with Crippen molar-refractivity contribution < 1.29 is 9.18 Å². The van der Waals surface area contributed by atoms with Crippen molar-refractivity contribution in [3.63, 3.8) is 0 Å². The van der Waals surface area contributed by atoms with E-state index < -0.39 is 11.5 Å². The number of amides is 1. The third-order valence-electron chi connectivity index (χ3n) is 8.40. The van der Waals surface area contributed by atoms with Crippen molar-refractivity contribution in [1.82, 2.24) is 30.8 Å². The molecule has 1 fully saturated rings. The van der Waals surface area contributed by atoms with Crippen LogP contribution < -0.4 is 5.32 Å². The third-order valence-corrected chi connectivity index (χ3v) is 8.70. The first-order chi connectivity index (χ1) is 19.3. The summed E-state index contributed by atoms with van der Waals surface area (Å²) in [7, 11) is 0. The van der Waals surface area contributed by atoms with Gasteiger partial charge in [-0.3, -0.25) is 9.79 Å². The van der Waals surface area contributed by atoms with E-state index >= 15 is 0 Å². The molecular formula is C30H37ClFN7O. The van der Waals surface area contributed by atoms with Crippen LogP contribution >= 0.6 is 11.6 Å². The topological polar surface area (TPSA) is 99.2 Å². The highest BCUT2D eigenvalue weighted by Gasteiger charge is 2.51. The summed E-state index contributed by atoms with van der Waals surface area (Å²) in [6.07, 6.45) is 5.36. The predicted molar refractivity (Wildman–Crippen MR) is 153 cm³/mol. The van der Waals surface area contributed by atoms with Gasteiger partial charge < -0.3 is 10.2 Å². The molecule has 1 unspecified atom stereocenters. The molecule has 1 atom stereocenters. The van der Waals surface area contributed by atoms with Gasteiger partial charge in [0, 0.05) is 12.1 Å². The molecule has 1 amide bonds. The number of aliphatic imine (C=N–C) groups is 1. The Bertz CT molecular complexity index is 1330. The number of aromatic amines is 1. The average molecular weight is 566 g/mol. The molecule has 8 nitrogen and oxygen atoms in total. The average Bonchev–Trinajstić information content (AvgIpc) is 3.56. The van der Waals surface area contributed by atoms with Crippen LogP contribution in [0.1, 0.15) is 87.9 Å². The van der Waals surface area contributed by atoms with Crippen molar-refractivity contribution in [3.8, 4) is 0 Å². The number of benzene rings is 2. The zero-order chi connectivity index (χ0) is 28.3. The molecule has 3 aromatic rings. The van der Waals surface area contributed by atoms with Crippen molar-refractivity contribution in [1.29, 1.82) is 0 Å². The molecule has 0 saturated heterocycles. The van der Waals surface area contributed by atoms with Gasteiger partial charge in [0.25, 0.3) is 5.91 Å². The van der Waals surface area contributed by atoms with E-state index in [4.69, 9.17) is 16.6 Å². The van der Waals surface area contributed by atoms with E-state index in [1.54, 1.807) is 6.07 Å². The Morgan fingerprint density at radius 2 is 1.90 bits per heavy atom. The molecule has 5 rings (SSSR count). The molecule has 1 aliphatic carbocycles. The number of halogens is 2. The summed E-state index contributed by atoms with van der Waals surface area (Å²) in [4.78, 5) is 21.4. The van der Waals surface area contributed by atoms with Crippen LogP contribution in [0.2, 0.25) is 5.02 Å². The van der Waals surface area contributed by atoms with Crippen molar-refractivity contribution >= 4 is 23.2 Å². The molecule has 10 heteroatoms. The van der Waals surface area contributed by atoms with Gasteiger partial charge in [0.1, 0.15) is 17.2 Å². The molecule has 2 aliphatic rings. The van der Waals surface area contributed by atoms with Crippen molar-refractivity contribution in [2.75, 3.05) is 0 Å². The maximum Gasteiger partial charge on any atom is 0.275 e. The largest absolute Gasteiger partial charge is 0.306 e. The second-order valence-corrected chi connectivity index (χ2v) is 11.7. The highest BCUT2D eigenvalue weighted by Crippen LogP contribution is 2.48. The number of rotatable bonds is 10. The lowest BCUT2D eigenvalue weighted by Gasteiger charge is -2.46. The lowest BCUT2D eigenvalue weighted by atomic mass is 9.76. The van der Waals surface area contributed by atoms with E-state index in [0.717, 1.165) is 49.7 Å². The first-order valence-electron chi connectivity index (χ1n) is 14.2. The third kappa shape index (κ3) is 5.81. The quantitative estimate of drug-likeness (QED) is 0.314. The van der Waals surface area contributed by atoms with Gasteiger partial charge in [-0.1, -0.05) is 74.3 Å². The number of carbonyl (C=O) groups is 1. The molecule has 2 heterocycles. The molecule has 1 aromatic heterocycles. The number of H-pyrrole nitrogens is 1. The maximum atomic E-state index is 14.5. The molecular weight excluding hydrogens is 529 g/mol. The lowest BCUT2D eigenvalue weighted by molar-refractivity contribution is -0.133. The number of aromatic nitrogens is 4. The lowest BCUT2D eigenvalue weighted by Crippen LogP contribution is -2.51. The van der Waals surface area contributed by atoms with Crippen molar-refractivity contribution in [2.45, 2.75) is 84.1 Å². The molecule has 2 aromatic carbocycles. The molecule has 40 heavy (non-hydrogen) atoms. The summed E-state index contributed by atoms with van der Waals surface area (Å²) in [6, 6.07) is 12.8. The van der Waals surface area contributed by atoms with Crippen LogP contribution in [0.3, 0.4) is 0 Å². The van der Waals surface area contributed by atoms with Gasteiger partial charge in [-0.25, -0.2) is 4.39 Å². The van der Waals surface area contributed by atoms with Crippen LogP contribution in [-0.4, -0.2) is 42.8 Å². The van der Waals surface area contributed by atoms with Gasteiger partial charge in [0.05, 0.1) is 17.6 Å². The molecule has 0 radical (unpaired) electrons. The summed E-state index contributed by atoms with van der Waals surface area (Å²) < 4.78 is 14.5. The summed E-state index contributed by atoms with van der Waals surface area (Å²) in [5.41, 5.74) is 2.40. The van der Waals surface area contributed by atoms with Crippen molar-refractivity contribution in [3.05, 3.63) is 75.8 Å². The Balaban J connectivity index is 1.43. The molecule has 1 saturated carbocycles. The minimum Gasteiger partial charge on any atom is -0.306 e. The fraction of sp³-hybridized carbons (Fsp3) is 0.500. The second-order valence-electron chi connectivity index (χ2n) is 11.3. The fourth-order valence-electron chi connectivity index (χ4n) is 6.15.